The van der Waals surface area contributed by atoms with Gasteiger partial charge in [0, 0.05) is 54.7 Å². The summed E-state index contributed by atoms with van der Waals surface area (Å²) in [4.78, 5) is 7.38. The van der Waals surface area contributed by atoms with Crippen LogP contribution in [0.5, 0.6) is 0 Å². The molecule has 0 saturated carbocycles. The highest BCUT2D eigenvalue weighted by molar-refractivity contribution is 7.90. The van der Waals surface area contributed by atoms with Gasteiger partial charge in [-0.2, -0.15) is 9.23 Å². The Morgan fingerprint density at radius 1 is 1.18 bits per heavy atom. The van der Waals surface area contributed by atoms with Crippen molar-refractivity contribution < 1.29 is 4.55 Å². The fourth-order valence-corrected chi connectivity index (χ4v) is 5.32. The van der Waals surface area contributed by atoms with Crippen LogP contribution in [0.3, 0.4) is 0 Å². The number of nitrogens with zero attached hydrogens (tertiary/aromatic N) is 4. The predicted molar refractivity (Wildman–Crippen MR) is 132 cm³/mol. The molecule has 2 aromatic heterocycles. The molecule has 1 fully saturated rings. The molecule has 2 aromatic carbocycles. The zero-order valence-electron chi connectivity index (χ0n) is 18.2. The van der Waals surface area contributed by atoms with Crippen LogP contribution in [0.4, 0.5) is 17.2 Å². The van der Waals surface area contributed by atoms with Gasteiger partial charge in [-0.3, -0.25) is 0 Å². The normalized spacial score (nSPS) is 17.0. The number of rotatable bonds is 5. The molecule has 0 amide bonds. The number of pyridine rings is 1. The molecule has 8 heteroatoms. The maximum atomic E-state index is 13.3. The van der Waals surface area contributed by atoms with E-state index in [0.29, 0.717) is 22.3 Å². The third-order valence-corrected chi connectivity index (χ3v) is 7.19. The summed E-state index contributed by atoms with van der Waals surface area (Å²) in [5.74, 6) is 0.663. The molecule has 2 atom stereocenters. The summed E-state index contributed by atoms with van der Waals surface area (Å²) in [6.07, 6.45) is 3.53. The number of hydrogen-bond acceptors (Lipinski definition) is 6. The van der Waals surface area contributed by atoms with Gasteiger partial charge in [0.1, 0.15) is 34.3 Å². The SMILES string of the molecule is C[C@@H]1CN(c2ccc(Nc3cc4c(ccn4[S+]([O-])c4ccccc4C#N)cn3)cc2)CCN1. The highest BCUT2D eigenvalue weighted by Crippen LogP contribution is 2.27. The van der Waals surface area contributed by atoms with Crippen LogP contribution in [0.2, 0.25) is 0 Å². The molecule has 166 valence electrons. The van der Waals surface area contributed by atoms with Crippen molar-refractivity contribution in [2.24, 2.45) is 0 Å². The molecule has 7 nitrogen and oxygen atoms in total. The number of anilines is 3. The minimum absolute atomic E-state index is 0.407. The molecule has 1 unspecified atom stereocenters. The molecule has 3 heterocycles. The van der Waals surface area contributed by atoms with E-state index in [-0.39, 0.29) is 0 Å². The lowest BCUT2D eigenvalue weighted by atomic mass is 10.2. The number of nitrogens with one attached hydrogen (secondary N) is 2. The molecule has 0 spiro atoms. The standard InChI is InChI=1S/C25H24N6OS/c1-18-17-30(13-11-27-18)22-8-6-21(7-9-22)29-25-14-23-20(16-28-25)10-12-31(23)33(32)24-5-3-2-4-19(24)15-26/h2-10,12,14,16,18,27H,11,13,17H2,1H3,(H,28,29)/t18-,33?/m1/s1. The number of fused-ring (bicyclic) bond motifs is 1. The van der Waals surface area contributed by atoms with Gasteiger partial charge in [0.2, 0.25) is 0 Å². The van der Waals surface area contributed by atoms with Crippen LogP contribution in [0, 0.1) is 11.3 Å². The summed E-state index contributed by atoms with van der Waals surface area (Å²) in [7, 11) is 0. The lowest BCUT2D eigenvalue weighted by molar-refractivity contribution is 0.485. The Morgan fingerprint density at radius 2 is 2.00 bits per heavy atom. The first-order chi connectivity index (χ1) is 16.1. The van der Waals surface area contributed by atoms with Crippen molar-refractivity contribution in [3.63, 3.8) is 0 Å². The fraction of sp³-hybridized carbons (Fsp3) is 0.200. The van der Waals surface area contributed by atoms with Crippen LogP contribution < -0.4 is 15.5 Å². The van der Waals surface area contributed by atoms with E-state index in [4.69, 9.17) is 0 Å². The van der Waals surface area contributed by atoms with Gasteiger partial charge in [-0.15, -0.1) is 0 Å². The third-order valence-electron chi connectivity index (χ3n) is 5.79. The van der Waals surface area contributed by atoms with Crippen LogP contribution >= 0.6 is 0 Å². The van der Waals surface area contributed by atoms with E-state index in [1.165, 1.54) is 5.69 Å². The number of hydrogen-bond donors (Lipinski definition) is 2. The first kappa shape index (κ1) is 21.3. The first-order valence-electron chi connectivity index (χ1n) is 10.9. The zero-order valence-corrected chi connectivity index (χ0v) is 19.0. The van der Waals surface area contributed by atoms with Crippen molar-refractivity contribution in [2.45, 2.75) is 17.9 Å². The van der Waals surface area contributed by atoms with E-state index in [2.05, 4.69) is 45.6 Å². The van der Waals surface area contributed by atoms with E-state index >= 15 is 0 Å². The molecule has 4 aromatic rings. The number of aromatic nitrogens is 2. The minimum Gasteiger partial charge on any atom is -0.587 e. The third kappa shape index (κ3) is 4.39. The average Bonchev–Trinajstić information content (AvgIpc) is 3.27. The molecular formula is C25H24N6OS. The van der Waals surface area contributed by atoms with Crippen molar-refractivity contribution in [1.29, 1.82) is 5.26 Å². The fourth-order valence-electron chi connectivity index (χ4n) is 4.10. The smallest absolute Gasteiger partial charge is 0.198 e. The van der Waals surface area contributed by atoms with Crippen molar-refractivity contribution in [2.75, 3.05) is 29.9 Å². The lowest BCUT2D eigenvalue weighted by Gasteiger charge is -2.33. The van der Waals surface area contributed by atoms with E-state index in [0.717, 1.165) is 36.2 Å². The molecular weight excluding hydrogens is 432 g/mol. The molecule has 33 heavy (non-hydrogen) atoms. The molecule has 0 radical (unpaired) electrons. The second-order valence-corrected chi connectivity index (χ2v) is 9.43. The predicted octanol–water partition coefficient (Wildman–Crippen LogP) is 4.02. The summed E-state index contributed by atoms with van der Waals surface area (Å²) < 4.78 is 14.9. The Morgan fingerprint density at radius 3 is 2.79 bits per heavy atom. The lowest BCUT2D eigenvalue weighted by Crippen LogP contribution is -2.49. The largest absolute Gasteiger partial charge is 0.587 e. The number of benzene rings is 2. The summed E-state index contributed by atoms with van der Waals surface area (Å²) in [5, 5.41) is 17.1. The second kappa shape index (κ2) is 9.16. The zero-order chi connectivity index (χ0) is 22.8. The Labute approximate surface area is 196 Å². The van der Waals surface area contributed by atoms with Crippen LogP contribution in [-0.4, -0.2) is 39.2 Å². The summed E-state index contributed by atoms with van der Waals surface area (Å²) in [6.45, 7) is 5.18. The Balaban J connectivity index is 1.38. The van der Waals surface area contributed by atoms with Gasteiger partial charge in [0.05, 0.1) is 6.20 Å². The molecule has 5 rings (SSSR count). The van der Waals surface area contributed by atoms with E-state index < -0.39 is 11.4 Å². The Hall–Kier alpha value is -3.51. The molecule has 1 saturated heterocycles. The van der Waals surface area contributed by atoms with Crippen molar-refractivity contribution in [3.05, 3.63) is 78.6 Å². The van der Waals surface area contributed by atoms with Gasteiger partial charge >= 0.3 is 0 Å². The summed E-state index contributed by atoms with van der Waals surface area (Å²) in [5.41, 5.74) is 3.33. The van der Waals surface area contributed by atoms with Crippen molar-refractivity contribution >= 4 is 39.5 Å². The van der Waals surface area contributed by atoms with Gasteiger partial charge in [-0.1, -0.05) is 12.1 Å². The average molecular weight is 457 g/mol. The van der Waals surface area contributed by atoms with E-state index in [9.17, 15) is 9.81 Å². The minimum atomic E-state index is -1.54. The van der Waals surface area contributed by atoms with E-state index in [1.807, 2.05) is 24.3 Å². The topological polar surface area (TPSA) is 92.0 Å². The summed E-state index contributed by atoms with van der Waals surface area (Å²) in [6, 6.07) is 21.7. The molecule has 0 aliphatic carbocycles. The molecule has 1 aliphatic heterocycles. The van der Waals surface area contributed by atoms with Crippen LogP contribution in [-0.2, 0) is 11.4 Å². The van der Waals surface area contributed by atoms with Gasteiger partial charge < -0.3 is 20.1 Å². The molecule has 1 aliphatic rings. The van der Waals surface area contributed by atoms with Crippen LogP contribution in [0.25, 0.3) is 10.9 Å². The summed E-state index contributed by atoms with van der Waals surface area (Å²) >= 11 is -1.54. The first-order valence-corrected chi connectivity index (χ1v) is 12.0. The monoisotopic (exact) mass is 456 g/mol. The van der Waals surface area contributed by atoms with E-state index in [1.54, 1.807) is 40.6 Å². The van der Waals surface area contributed by atoms with Gasteiger partial charge in [-0.05, 0) is 49.4 Å². The van der Waals surface area contributed by atoms with Crippen molar-refractivity contribution in [3.8, 4) is 6.07 Å². The Kier molecular flexibility index (Phi) is 5.92. The van der Waals surface area contributed by atoms with Crippen LogP contribution in [0.15, 0.2) is 78.0 Å². The highest BCUT2D eigenvalue weighted by atomic mass is 32.2. The molecule has 0 bridgehead atoms. The van der Waals surface area contributed by atoms with Crippen molar-refractivity contribution in [1.82, 2.24) is 14.3 Å². The second-order valence-electron chi connectivity index (χ2n) is 8.10. The highest BCUT2D eigenvalue weighted by Gasteiger charge is 2.21. The Bertz CT molecular complexity index is 1310. The van der Waals surface area contributed by atoms with Gasteiger partial charge in [0.15, 0.2) is 4.90 Å². The maximum absolute atomic E-state index is 13.3. The maximum Gasteiger partial charge on any atom is 0.198 e. The van der Waals surface area contributed by atoms with Gasteiger partial charge in [0.25, 0.3) is 0 Å². The quantitative estimate of drug-likeness (QED) is 0.441. The number of nitriles is 1. The molecule has 2 N–H and O–H groups in total. The van der Waals surface area contributed by atoms with Gasteiger partial charge in [-0.25, -0.2) is 4.98 Å². The number of piperazine rings is 1. The van der Waals surface area contributed by atoms with Crippen LogP contribution in [0.1, 0.15) is 12.5 Å².